The van der Waals surface area contributed by atoms with Gasteiger partial charge < -0.3 is 10.6 Å². The highest BCUT2D eigenvalue weighted by Crippen LogP contribution is 2.13. The fourth-order valence-electron chi connectivity index (χ4n) is 1.67. The van der Waals surface area contributed by atoms with E-state index in [2.05, 4.69) is 27.5 Å². The summed E-state index contributed by atoms with van der Waals surface area (Å²) in [7, 11) is -0.743. The average Bonchev–Trinajstić information content (AvgIpc) is 2.36. The Balaban J connectivity index is 2.70. The standard InChI is InChI=1S/C13H24N4OS/c1-5-11-16-12(14-6-2)9-13(17-11)15-10(3)7-8-19(4)18/h9-10H,5-8H2,1-4H3,(H2,14,15,16,17). The molecule has 0 spiro atoms. The summed E-state index contributed by atoms with van der Waals surface area (Å²) < 4.78 is 11.1. The summed E-state index contributed by atoms with van der Waals surface area (Å²) in [4.78, 5) is 8.88. The van der Waals surface area contributed by atoms with Gasteiger partial charge in [-0.15, -0.1) is 0 Å². The molecule has 108 valence electrons. The number of anilines is 2. The van der Waals surface area contributed by atoms with Crippen molar-refractivity contribution in [2.24, 2.45) is 0 Å². The van der Waals surface area contributed by atoms with Crippen LogP contribution in [0.25, 0.3) is 0 Å². The van der Waals surface area contributed by atoms with Crippen molar-refractivity contribution in [1.82, 2.24) is 9.97 Å². The van der Waals surface area contributed by atoms with Crippen LogP contribution >= 0.6 is 0 Å². The lowest BCUT2D eigenvalue weighted by Gasteiger charge is -2.15. The molecule has 0 fully saturated rings. The number of nitrogens with one attached hydrogen (secondary N) is 2. The zero-order chi connectivity index (χ0) is 14.3. The van der Waals surface area contributed by atoms with Crippen molar-refractivity contribution >= 4 is 22.4 Å². The lowest BCUT2D eigenvalue weighted by Crippen LogP contribution is -2.19. The molecule has 1 heterocycles. The molecule has 0 amide bonds. The van der Waals surface area contributed by atoms with Gasteiger partial charge in [0.15, 0.2) is 0 Å². The van der Waals surface area contributed by atoms with Crippen LogP contribution in [0.4, 0.5) is 11.6 Å². The Kier molecular flexibility index (Phi) is 6.77. The van der Waals surface area contributed by atoms with Crippen molar-refractivity contribution in [2.75, 3.05) is 29.2 Å². The largest absolute Gasteiger partial charge is 0.370 e. The third kappa shape index (κ3) is 6.00. The van der Waals surface area contributed by atoms with Gasteiger partial charge in [-0.05, 0) is 20.3 Å². The zero-order valence-corrected chi connectivity index (χ0v) is 13.0. The SMILES string of the molecule is CCNc1cc(NC(C)CCS(C)=O)nc(CC)n1. The van der Waals surface area contributed by atoms with E-state index in [1.54, 1.807) is 6.26 Å². The van der Waals surface area contributed by atoms with E-state index in [9.17, 15) is 4.21 Å². The van der Waals surface area contributed by atoms with Crippen LogP contribution in [0.3, 0.4) is 0 Å². The number of rotatable bonds is 8. The molecule has 0 aliphatic rings. The van der Waals surface area contributed by atoms with Crippen molar-refractivity contribution in [2.45, 2.75) is 39.7 Å². The Morgan fingerprint density at radius 1 is 1.32 bits per heavy atom. The fourth-order valence-corrected chi connectivity index (χ4v) is 2.35. The zero-order valence-electron chi connectivity index (χ0n) is 12.2. The number of nitrogens with zero attached hydrogens (tertiary/aromatic N) is 2. The highest BCUT2D eigenvalue weighted by Gasteiger charge is 2.07. The predicted octanol–water partition coefficient (Wildman–Crippen LogP) is 2.04. The maximum atomic E-state index is 11.1. The second-order valence-corrected chi connectivity index (χ2v) is 6.10. The molecule has 1 aromatic rings. The molecule has 0 saturated carbocycles. The van der Waals surface area contributed by atoms with Gasteiger partial charge in [0.1, 0.15) is 17.5 Å². The molecule has 0 aliphatic heterocycles. The van der Waals surface area contributed by atoms with Gasteiger partial charge in [-0.25, -0.2) is 9.97 Å². The first-order valence-electron chi connectivity index (χ1n) is 6.73. The number of hydrogen-bond acceptors (Lipinski definition) is 5. The van der Waals surface area contributed by atoms with E-state index in [1.165, 1.54) is 0 Å². The molecule has 0 aliphatic carbocycles. The minimum absolute atomic E-state index is 0.248. The smallest absolute Gasteiger partial charge is 0.132 e. The Morgan fingerprint density at radius 2 is 2.00 bits per heavy atom. The van der Waals surface area contributed by atoms with E-state index >= 15 is 0 Å². The normalized spacial score (nSPS) is 13.9. The summed E-state index contributed by atoms with van der Waals surface area (Å²) in [6.45, 7) is 7.00. The monoisotopic (exact) mass is 284 g/mol. The van der Waals surface area contributed by atoms with Crippen molar-refractivity contribution in [3.63, 3.8) is 0 Å². The highest BCUT2D eigenvalue weighted by atomic mass is 32.2. The summed E-state index contributed by atoms with van der Waals surface area (Å²) in [5, 5.41) is 6.55. The Labute approximate surface area is 118 Å². The number of aromatic nitrogens is 2. The van der Waals surface area contributed by atoms with Gasteiger partial charge in [-0.3, -0.25) is 4.21 Å². The van der Waals surface area contributed by atoms with Crippen LogP contribution in [-0.4, -0.2) is 38.8 Å². The van der Waals surface area contributed by atoms with E-state index in [0.29, 0.717) is 5.75 Å². The van der Waals surface area contributed by atoms with Gasteiger partial charge in [0, 0.05) is 47.9 Å². The molecule has 6 heteroatoms. The third-order valence-corrected chi connectivity index (χ3v) is 3.49. The Morgan fingerprint density at radius 3 is 2.58 bits per heavy atom. The Bertz CT molecular complexity index is 425. The van der Waals surface area contributed by atoms with Crippen LogP contribution < -0.4 is 10.6 Å². The van der Waals surface area contributed by atoms with Crippen LogP contribution in [0, 0.1) is 0 Å². The van der Waals surface area contributed by atoms with Crippen molar-refractivity contribution in [3.8, 4) is 0 Å². The fraction of sp³-hybridized carbons (Fsp3) is 0.692. The second kappa shape index (κ2) is 8.09. The van der Waals surface area contributed by atoms with Gasteiger partial charge in [-0.1, -0.05) is 6.92 Å². The number of hydrogen-bond donors (Lipinski definition) is 2. The molecular weight excluding hydrogens is 260 g/mol. The summed E-state index contributed by atoms with van der Waals surface area (Å²) >= 11 is 0. The van der Waals surface area contributed by atoms with Gasteiger partial charge in [0.2, 0.25) is 0 Å². The van der Waals surface area contributed by atoms with Crippen molar-refractivity contribution in [1.29, 1.82) is 0 Å². The minimum Gasteiger partial charge on any atom is -0.370 e. The summed E-state index contributed by atoms with van der Waals surface area (Å²) in [6.07, 6.45) is 3.41. The molecule has 1 aromatic heterocycles. The number of aryl methyl sites for hydroxylation is 1. The molecule has 0 radical (unpaired) electrons. The van der Waals surface area contributed by atoms with Gasteiger partial charge >= 0.3 is 0 Å². The minimum atomic E-state index is -0.743. The topological polar surface area (TPSA) is 66.9 Å². The van der Waals surface area contributed by atoms with Crippen LogP contribution in [0.5, 0.6) is 0 Å². The molecule has 2 unspecified atom stereocenters. The molecule has 2 N–H and O–H groups in total. The molecule has 1 rings (SSSR count). The molecule has 19 heavy (non-hydrogen) atoms. The van der Waals surface area contributed by atoms with Crippen molar-refractivity contribution < 1.29 is 4.21 Å². The maximum absolute atomic E-state index is 11.1. The van der Waals surface area contributed by atoms with Crippen LogP contribution in [0.15, 0.2) is 6.07 Å². The predicted molar refractivity (Wildman–Crippen MR) is 82.2 cm³/mol. The van der Waals surface area contributed by atoms with Gasteiger partial charge in [-0.2, -0.15) is 0 Å². The molecular formula is C13H24N4OS. The first kappa shape index (κ1) is 15.9. The highest BCUT2D eigenvalue weighted by molar-refractivity contribution is 7.84. The van der Waals surface area contributed by atoms with E-state index in [4.69, 9.17) is 0 Å². The van der Waals surface area contributed by atoms with Gasteiger partial charge in [0.05, 0.1) is 0 Å². The lowest BCUT2D eigenvalue weighted by atomic mass is 10.2. The molecule has 0 aromatic carbocycles. The molecule has 2 atom stereocenters. The maximum Gasteiger partial charge on any atom is 0.132 e. The first-order chi connectivity index (χ1) is 9.05. The van der Waals surface area contributed by atoms with Crippen LogP contribution in [0.2, 0.25) is 0 Å². The van der Waals surface area contributed by atoms with Crippen molar-refractivity contribution in [3.05, 3.63) is 11.9 Å². The average molecular weight is 284 g/mol. The van der Waals surface area contributed by atoms with E-state index in [0.717, 1.165) is 36.8 Å². The molecule has 5 nitrogen and oxygen atoms in total. The quantitative estimate of drug-likeness (QED) is 0.764. The summed E-state index contributed by atoms with van der Waals surface area (Å²) in [5.41, 5.74) is 0. The lowest BCUT2D eigenvalue weighted by molar-refractivity contribution is 0.678. The van der Waals surface area contributed by atoms with E-state index < -0.39 is 10.8 Å². The summed E-state index contributed by atoms with van der Waals surface area (Å²) in [6, 6.07) is 2.17. The molecule has 0 saturated heterocycles. The molecule has 0 bridgehead atoms. The van der Waals surface area contributed by atoms with Crippen LogP contribution in [0.1, 0.15) is 33.0 Å². The third-order valence-electron chi connectivity index (χ3n) is 2.68. The first-order valence-corrected chi connectivity index (χ1v) is 8.46. The summed E-state index contributed by atoms with van der Waals surface area (Å²) in [5.74, 6) is 3.22. The van der Waals surface area contributed by atoms with E-state index in [1.807, 2.05) is 19.9 Å². The van der Waals surface area contributed by atoms with E-state index in [-0.39, 0.29) is 6.04 Å². The second-order valence-electron chi connectivity index (χ2n) is 4.55. The Hall–Kier alpha value is -1.17. The van der Waals surface area contributed by atoms with Gasteiger partial charge in [0.25, 0.3) is 0 Å². The van der Waals surface area contributed by atoms with Crippen LogP contribution in [-0.2, 0) is 17.2 Å².